The first-order valence-corrected chi connectivity index (χ1v) is 5.31. The van der Waals surface area contributed by atoms with E-state index in [9.17, 15) is 9.59 Å². The minimum absolute atomic E-state index is 0.00310. The van der Waals surface area contributed by atoms with Gasteiger partial charge in [-0.05, 0) is 23.6 Å². The van der Waals surface area contributed by atoms with Gasteiger partial charge >= 0.3 is 5.97 Å². The van der Waals surface area contributed by atoms with Gasteiger partial charge in [-0.25, -0.2) is 0 Å². The van der Waals surface area contributed by atoms with E-state index in [0.29, 0.717) is 6.42 Å². The van der Waals surface area contributed by atoms with Crippen LogP contribution >= 0.6 is 11.6 Å². The predicted molar refractivity (Wildman–Crippen MR) is 61.1 cm³/mol. The summed E-state index contributed by atoms with van der Waals surface area (Å²) in [7, 11) is 1.30. The molecule has 0 N–H and O–H groups in total. The van der Waals surface area contributed by atoms with Crippen LogP contribution < -0.4 is 0 Å². The van der Waals surface area contributed by atoms with E-state index in [4.69, 9.17) is 11.6 Å². The van der Waals surface area contributed by atoms with Gasteiger partial charge in [-0.3, -0.25) is 9.59 Å². The molecule has 0 amide bonds. The number of ether oxygens (including phenoxy) is 1. The van der Waals surface area contributed by atoms with Crippen molar-refractivity contribution < 1.29 is 14.3 Å². The van der Waals surface area contributed by atoms with Crippen molar-refractivity contribution in [3.05, 3.63) is 35.9 Å². The number of hydrogen-bond donors (Lipinski definition) is 0. The van der Waals surface area contributed by atoms with Crippen LogP contribution in [0, 0.1) is 5.92 Å². The Balaban J connectivity index is 2.70. The third-order valence-corrected chi connectivity index (χ3v) is 2.42. The number of esters is 1. The highest BCUT2D eigenvalue weighted by atomic mass is 35.5. The van der Waals surface area contributed by atoms with Gasteiger partial charge in [0.25, 0.3) is 0 Å². The summed E-state index contributed by atoms with van der Waals surface area (Å²) in [6, 6.07) is 9.45. The summed E-state index contributed by atoms with van der Waals surface area (Å²) in [4.78, 5) is 22.2. The van der Waals surface area contributed by atoms with E-state index in [1.165, 1.54) is 7.11 Å². The van der Waals surface area contributed by atoms with E-state index < -0.39 is 17.1 Å². The lowest BCUT2D eigenvalue weighted by Crippen LogP contribution is -2.20. The van der Waals surface area contributed by atoms with Crippen LogP contribution in [0.15, 0.2) is 30.3 Å². The minimum atomic E-state index is -0.522. The van der Waals surface area contributed by atoms with Crippen LogP contribution in [-0.2, 0) is 20.7 Å². The molecule has 0 aliphatic heterocycles. The summed E-state index contributed by atoms with van der Waals surface area (Å²) in [5, 5.41) is -0.522. The zero-order valence-electron chi connectivity index (χ0n) is 8.98. The lowest BCUT2D eigenvalue weighted by molar-refractivity contribution is -0.146. The first-order valence-electron chi connectivity index (χ1n) is 4.93. The van der Waals surface area contributed by atoms with E-state index in [-0.39, 0.29) is 6.42 Å². The molecule has 4 heteroatoms. The maximum atomic E-state index is 11.4. The molecule has 0 aliphatic carbocycles. The molecule has 0 aliphatic rings. The fraction of sp³-hybridized carbons (Fsp3) is 0.333. The molecule has 1 aromatic rings. The lowest BCUT2D eigenvalue weighted by Gasteiger charge is -2.12. The highest BCUT2D eigenvalue weighted by Crippen LogP contribution is 2.15. The van der Waals surface area contributed by atoms with E-state index >= 15 is 0 Å². The van der Waals surface area contributed by atoms with Crippen LogP contribution in [0.2, 0.25) is 0 Å². The molecule has 0 aromatic heterocycles. The van der Waals surface area contributed by atoms with Crippen molar-refractivity contribution in [2.75, 3.05) is 7.11 Å². The Kier molecular flexibility index (Phi) is 4.99. The SMILES string of the molecule is COC(=O)[C@@H](CC(=O)Cl)Cc1ccccc1. The summed E-state index contributed by atoms with van der Waals surface area (Å²) in [5.41, 5.74) is 0.982. The monoisotopic (exact) mass is 240 g/mol. The minimum Gasteiger partial charge on any atom is -0.469 e. The van der Waals surface area contributed by atoms with Crippen molar-refractivity contribution in [1.29, 1.82) is 0 Å². The van der Waals surface area contributed by atoms with Gasteiger partial charge in [0.05, 0.1) is 13.0 Å². The Morgan fingerprint density at radius 3 is 2.44 bits per heavy atom. The van der Waals surface area contributed by atoms with Crippen molar-refractivity contribution in [1.82, 2.24) is 0 Å². The highest BCUT2D eigenvalue weighted by molar-refractivity contribution is 6.63. The normalized spacial score (nSPS) is 11.9. The summed E-state index contributed by atoms with van der Waals surface area (Å²) in [5.74, 6) is -0.907. The fourth-order valence-electron chi connectivity index (χ4n) is 1.50. The van der Waals surface area contributed by atoms with Gasteiger partial charge in [-0.2, -0.15) is 0 Å². The lowest BCUT2D eigenvalue weighted by atomic mass is 9.97. The molecule has 0 bridgehead atoms. The highest BCUT2D eigenvalue weighted by Gasteiger charge is 2.22. The zero-order chi connectivity index (χ0) is 12.0. The third kappa shape index (κ3) is 4.03. The molecule has 0 saturated carbocycles. The maximum absolute atomic E-state index is 11.4. The van der Waals surface area contributed by atoms with Crippen LogP contribution in [0.1, 0.15) is 12.0 Å². The molecule has 1 atom stereocenters. The van der Waals surface area contributed by atoms with Gasteiger partial charge < -0.3 is 4.74 Å². The zero-order valence-corrected chi connectivity index (χ0v) is 9.74. The fourth-order valence-corrected chi connectivity index (χ4v) is 1.68. The maximum Gasteiger partial charge on any atom is 0.309 e. The van der Waals surface area contributed by atoms with E-state index in [0.717, 1.165) is 5.56 Å². The Labute approximate surface area is 99.4 Å². The van der Waals surface area contributed by atoms with E-state index in [1.54, 1.807) is 0 Å². The number of carbonyl (C=O) groups excluding carboxylic acids is 2. The molecule has 1 aromatic carbocycles. The summed E-state index contributed by atoms with van der Waals surface area (Å²) >= 11 is 5.29. The van der Waals surface area contributed by atoms with Gasteiger partial charge in [-0.15, -0.1) is 0 Å². The quantitative estimate of drug-likeness (QED) is 0.585. The molecule has 16 heavy (non-hydrogen) atoms. The van der Waals surface area contributed by atoms with Gasteiger partial charge in [-0.1, -0.05) is 30.3 Å². The van der Waals surface area contributed by atoms with E-state index in [2.05, 4.69) is 4.74 Å². The van der Waals surface area contributed by atoms with Crippen molar-refractivity contribution in [2.24, 2.45) is 5.92 Å². The third-order valence-electron chi connectivity index (χ3n) is 2.27. The first kappa shape index (κ1) is 12.7. The van der Waals surface area contributed by atoms with Gasteiger partial charge in [0.1, 0.15) is 0 Å². The largest absolute Gasteiger partial charge is 0.469 e. The number of carbonyl (C=O) groups is 2. The molecule has 1 rings (SSSR count). The number of benzene rings is 1. The summed E-state index contributed by atoms with van der Waals surface area (Å²) in [6.45, 7) is 0. The first-order chi connectivity index (χ1) is 7.63. The number of halogens is 1. The Morgan fingerprint density at radius 2 is 1.94 bits per heavy atom. The number of hydrogen-bond acceptors (Lipinski definition) is 3. The molecular formula is C12H13ClO3. The molecular weight excluding hydrogens is 228 g/mol. The molecule has 0 spiro atoms. The molecule has 0 saturated heterocycles. The van der Waals surface area contributed by atoms with Crippen LogP contribution in [0.3, 0.4) is 0 Å². The topological polar surface area (TPSA) is 43.4 Å². The summed E-state index contributed by atoms with van der Waals surface area (Å²) < 4.78 is 4.64. The molecule has 0 heterocycles. The van der Waals surface area contributed by atoms with Crippen molar-refractivity contribution in [3.8, 4) is 0 Å². The van der Waals surface area contributed by atoms with Gasteiger partial charge in [0.2, 0.25) is 5.24 Å². The average molecular weight is 241 g/mol. The van der Waals surface area contributed by atoms with Gasteiger partial charge in [0.15, 0.2) is 0 Å². The Hall–Kier alpha value is -1.35. The van der Waals surface area contributed by atoms with Crippen molar-refractivity contribution >= 4 is 22.8 Å². The molecule has 3 nitrogen and oxygen atoms in total. The second-order valence-electron chi connectivity index (χ2n) is 3.47. The Morgan fingerprint density at radius 1 is 1.31 bits per heavy atom. The van der Waals surface area contributed by atoms with E-state index in [1.807, 2.05) is 30.3 Å². The molecule has 0 unspecified atom stereocenters. The van der Waals surface area contributed by atoms with Crippen LogP contribution in [0.4, 0.5) is 0 Å². The van der Waals surface area contributed by atoms with Crippen LogP contribution in [0.5, 0.6) is 0 Å². The average Bonchev–Trinajstić information content (AvgIpc) is 2.28. The molecule has 0 radical (unpaired) electrons. The molecule has 0 fully saturated rings. The smallest absolute Gasteiger partial charge is 0.309 e. The van der Waals surface area contributed by atoms with Crippen molar-refractivity contribution in [2.45, 2.75) is 12.8 Å². The predicted octanol–water partition coefficient (Wildman–Crippen LogP) is 2.17. The Bertz CT molecular complexity index is 362. The van der Waals surface area contributed by atoms with Crippen molar-refractivity contribution in [3.63, 3.8) is 0 Å². The van der Waals surface area contributed by atoms with Gasteiger partial charge in [0, 0.05) is 6.42 Å². The number of methoxy groups -OCH3 is 1. The summed E-state index contributed by atoms with van der Waals surface area (Å²) in [6.07, 6.45) is 0.467. The second kappa shape index (κ2) is 6.28. The van der Waals surface area contributed by atoms with Crippen LogP contribution in [0.25, 0.3) is 0 Å². The standard InChI is InChI=1S/C12H13ClO3/c1-16-12(15)10(8-11(13)14)7-9-5-3-2-4-6-9/h2-6,10H,7-8H2,1H3/t10-/m1/s1. The second-order valence-corrected chi connectivity index (χ2v) is 3.89. The number of rotatable bonds is 5. The molecule has 86 valence electrons. The van der Waals surface area contributed by atoms with Crippen LogP contribution in [-0.4, -0.2) is 18.3 Å².